The van der Waals surface area contributed by atoms with Gasteiger partial charge in [-0.2, -0.15) is 0 Å². The van der Waals surface area contributed by atoms with Crippen molar-refractivity contribution in [2.24, 2.45) is 0 Å². The van der Waals surface area contributed by atoms with Crippen molar-refractivity contribution < 1.29 is 14.6 Å². The fourth-order valence-electron chi connectivity index (χ4n) is 2.24. The normalized spacial score (nSPS) is 14.4. The van der Waals surface area contributed by atoms with Gasteiger partial charge in [-0.15, -0.1) is 11.3 Å². The number of thiophene rings is 1. The summed E-state index contributed by atoms with van der Waals surface area (Å²) in [5, 5.41) is 12.9. The first-order valence-corrected chi connectivity index (χ1v) is 7.80. The average molecular weight is 324 g/mol. The lowest BCUT2D eigenvalue weighted by molar-refractivity contribution is 0.0920. The number of aliphatic hydroxyl groups is 1. The van der Waals surface area contributed by atoms with E-state index in [2.05, 4.69) is 5.32 Å². The molecule has 0 radical (unpaired) electrons. The fraction of sp³-hybridized carbons (Fsp3) is 0.267. The Morgan fingerprint density at radius 3 is 3.05 bits per heavy atom. The van der Waals surface area contributed by atoms with Crippen LogP contribution in [0, 0.1) is 0 Å². The molecule has 1 aliphatic rings. The van der Waals surface area contributed by atoms with Gasteiger partial charge in [0.2, 0.25) is 0 Å². The van der Waals surface area contributed by atoms with Crippen LogP contribution in [-0.2, 0) is 6.42 Å². The van der Waals surface area contributed by atoms with Crippen molar-refractivity contribution in [2.75, 3.05) is 13.2 Å². The van der Waals surface area contributed by atoms with E-state index in [-0.39, 0.29) is 12.5 Å². The fourth-order valence-corrected chi connectivity index (χ4v) is 3.20. The molecule has 6 heteroatoms. The number of carbonyl (C=O) groups is 1. The smallest absolute Gasteiger partial charge is 0.261 e. The Morgan fingerprint density at radius 1 is 1.43 bits per heavy atom. The highest BCUT2D eigenvalue weighted by Gasteiger charge is 2.16. The number of amides is 1. The highest BCUT2D eigenvalue weighted by atomic mass is 35.5. The molecule has 1 aromatic carbocycles. The third kappa shape index (κ3) is 3.20. The van der Waals surface area contributed by atoms with Gasteiger partial charge >= 0.3 is 0 Å². The minimum absolute atomic E-state index is 0.161. The van der Waals surface area contributed by atoms with Crippen LogP contribution in [0.4, 0.5) is 0 Å². The molecule has 2 aromatic rings. The summed E-state index contributed by atoms with van der Waals surface area (Å²) >= 11 is 7.01. The van der Waals surface area contributed by atoms with Gasteiger partial charge in [0.15, 0.2) is 0 Å². The van der Waals surface area contributed by atoms with Crippen molar-refractivity contribution in [3.63, 3.8) is 0 Å². The van der Waals surface area contributed by atoms with Gasteiger partial charge in [-0.05, 0) is 35.4 Å². The minimum atomic E-state index is -0.740. The number of hydrogen-bond acceptors (Lipinski definition) is 4. The molecule has 3 rings (SSSR count). The molecule has 110 valence electrons. The zero-order valence-electron chi connectivity index (χ0n) is 11.1. The SMILES string of the molecule is O=C(NC[C@H](O)c1ccc2c(c1)CCO2)c1ccc(Cl)s1. The van der Waals surface area contributed by atoms with Crippen LogP contribution in [0.3, 0.4) is 0 Å². The van der Waals surface area contributed by atoms with Crippen molar-refractivity contribution >= 4 is 28.8 Å². The van der Waals surface area contributed by atoms with E-state index < -0.39 is 6.10 Å². The molecule has 0 bridgehead atoms. The molecule has 0 saturated carbocycles. The van der Waals surface area contributed by atoms with Crippen molar-refractivity contribution in [1.82, 2.24) is 5.32 Å². The number of nitrogens with one attached hydrogen (secondary N) is 1. The maximum atomic E-state index is 11.9. The molecule has 1 aromatic heterocycles. The van der Waals surface area contributed by atoms with Crippen LogP contribution < -0.4 is 10.1 Å². The Kier molecular flexibility index (Phi) is 4.14. The molecule has 21 heavy (non-hydrogen) atoms. The largest absolute Gasteiger partial charge is 0.493 e. The van der Waals surface area contributed by atoms with E-state index in [4.69, 9.17) is 16.3 Å². The van der Waals surface area contributed by atoms with Gasteiger partial charge in [0.1, 0.15) is 5.75 Å². The first-order chi connectivity index (χ1) is 10.1. The van der Waals surface area contributed by atoms with Crippen molar-refractivity contribution in [3.05, 3.63) is 50.7 Å². The summed E-state index contributed by atoms with van der Waals surface area (Å²) in [6, 6.07) is 8.96. The second-order valence-corrected chi connectivity index (χ2v) is 6.51. The number of fused-ring (bicyclic) bond motifs is 1. The van der Waals surface area contributed by atoms with Crippen LogP contribution in [0.25, 0.3) is 0 Å². The molecule has 2 N–H and O–H groups in total. The zero-order valence-corrected chi connectivity index (χ0v) is 12.7. The number of carbonyl (C=O) groups excluding carboxylic acids is 1. The molecule has 2 heterocycles. The van der Waals surface area contributed by atoms with E-state index in [0.717, 1.165) is 23.3 Å². The summed E-state index contributed by atoms with van der Waals surface area (Å²) in [4.78, 5) is 12.4. The zero-order chi connectivity index (χ0) is 14.8. The third-order valence-electron chi connectivity index (χ3n) is 3.35. The quantitative estimate of drug-likeness (QED) is 0.909. The van der Waals surface area contributed by atoms with Gasteiger partial charge < -0.3 is 15.2 Å². The number of halogens is 1. The standard InChI is InChI=1S/C15H14ClNO3S/c16-14-4-3-13(21-14)15(19)17-8-11(18)9-1-2-12-10(7-9)5-6-20-12/h1-4,7,11,18H,5-6,8H2,(H,17,19)/t11-/m0/s1. The van der Waals surface area contributed by atoms with Gasteiger partial charge in [-0.1, -0.05) is 17.7 Å². The monoisotopic (exact) mass is 323 g/mol. The Balaban J connectivity index is 1.61. The van der Waals surface area contributed by atoms with Gasteiger partial charge in [-0.3, -0.25) is 4.79 Å². The van der Waals surface area contributed by atoms with Gasteiger partial charge in [0, 0.05) is 13.0 Å². The van der Waals surface area contributed by atoms with E-state index in [1.165, 1.54) is 11.3 Å². The summed E-state index contributed by atoms with van der Waals surface area (Å²) in [5.41, 5.74) is 1.88. The van der Waals surface area contributed by atoms with E-state index in [0.29, 0.717) is 15.8 Å². The molecule has 4 nitrogen and oxygen atoms in total. The second kappa shape index (κ2) is 6.05. The molecule has 1 amide bonds. The summed E-state index contributed by atoms with van der Waals surface area (Å²) in [6.45, 7) is 0.846. The van der Waals surface area contributed by atoms with Crippen molar-refractivity contribution in [2.45, 2.75) is 12.5 Å². The van der Waals surface area contributed by atoms with Crippen LogP contribution in [0.1, 0.15) is 26.9 Å². The summed E-state index contributed by atoms with van der Waals surface area (Å²) in [5.74, 6) is 0.652. The van der Waals surface area contributed by atoms with Crippen LogP contribution in [0.2, 0.25) is 4.34 Å². The molecule has 0 aliphatic carbocycles. The topological polar surface area (TPSA) is 58.6 Å². The molecular weight excluding hydrogens is 310 g/mol. The predicted octanol–water partition coefficient (Wildman–Crippen LogP) is 2.80. The van der Waals surface area contributed by atoms with Gasteiger partial charge in [0.25, 0.3) is 5.91 Å². The minimum Gasteiger partial charge on any atom is -0.493 e. The van der Waals surface area contributed by atoms with Crippen molar-refractivity contribution in [1.29, 1.82) is 0 Å². The number of hydrogen-bond donors (Lipinski definition) is 2. The third-order valence-corrected chi connectivity index (χ3v) is 4.58. The van der Waals surface area contributed by atoms with E-state index in [1.54, 1.807) is 12.1 Å². The lowest BCUT2D eigenvalue weighted by atomic mass is 10.0. The lowest BCUT2D eigenvalue weighted by Gasteiger charge is -2.13. The highest BCUT2D eigenvalue weighted by molar-refractivity contribution is 7.17. The van der Waals surface area contributed by atoms with E-state index in [1.807, 2.05) is 18.2 Å². The highest BCUT2D eigenvalue weighted by Crippen LogP contribution is 2.28. The van der Waals surface area contributed by atoms with Crippen LogP contribution in [0.15, 0.2) is 30.3 Å². The Hall–Kier alpha value is -1.56. The molecule has 1 atom stereocenters. The Bertz CT molecular complexity index is 671. The Labute approximate surface area is 131 Å². The van der Waals surface area contributed by atoms with Gasteiger partial charge in [0.05, 0.1) is 21.9 Å². The second-order valence-electron chi connectivity index (χ2n) is 4.80. The van der Waals surface area contributed by atoms with E-state index >= 15 is 0 Å². The first-order valence-electron chi connectivity index (χ1n) is 6.61. The van der Waals surface area contributed by atoms with Gasteiger partial charge in [-0.25, -0.2) is 0 Å². The number of ether oxygens (including phenoxy) is 1. The predicted molar refractivity (Wildman–Crippen MR) is 82.3 cm³/mol. The molecule has 0 fully saturated rings. The molecule has 0 unspecified atom stereocenters. The number of benzene rings is 1. The van der Waals surface area contributed by atoms with E-state index in [9.17, 15) is 9.90 Å². The summed E-state index contributed by atoms with van der Waals surface area (Å²) in [6.07, 6.45) is 0.117. The Morgan fingerprint density at radius 2 is 2.29 bits per heavy atom. The van der Waals surface area contributed by atoms with Crippen LogP contribution >= 0.6 is 22.9 Å². The maximum absolute atomic E-state index is 11.9. The average Bonchev–Trinajstić information content (AvgIpc) is 3.12. The van der Waals surface area contributed by atoms with Crippen molar-refractivity contribution in [3.8, 4) is 5.75 Å². The number of rotatable bonds is 4. The van der Waals surface area contributed by atoms with Crippen LogP contribution in [-0.4, -0.2) is 24.2 Å². The lowest BCUT2D eigenvalue weighted by Crippen LogP contribution is -2.27. The van der Waals surface area contributed by atoms with Crippen LogP contribution in [0.5, 0.6) is 5.75 Å². The maximum Gasteiger partial charge on any atom is 0.261 e. The number of aliphatic hydroxyl groups excluding tert-OH is 1. The molecule has 0 spiro atoms. The summed E-state index contributed by atoms with van der Waals surface area (Å²) in [7, 11) is 0. The molecular formula is C15H14ClNO3S. The summed E-state index contributed by atoms with van der Waals surface area (Å²) < 4.78 is 6.00. The first kappa shape index (κ1) is 14.4. The molecule has 1 aliphatic heterocycles. The molecule has 0 saturated heterocycles.